The Morgan fingerprint density at radius 2 is 1.68 bits per heavy atom. The van der Waals surface area contributed by atoms with E-state index in [0.29, 0.717) is 11.3 Å². The van der Waals surface area contributed by atoms with E-state index in [1.807, 2.05) is 19.9 Å². The van der Waals surface area contributed by atoms with Gasteiger partial charge in [0.05, 0.1) is 0 Å². The van der Waals surface area contributed by atoms with Gasteiger partial charge in [-0.15, -0.1) is 0 Å². The highest BCUT2D eigenvalue weighted by Gasteiger charge is 2.34. The largest absolute Gasteiger partial charge is 0.439 e. The fourth-order valence-corrected chi connectivity index (χ4v) is 3.35. The second-order valence-corrected chi connectivity index (χ2v) is 7.16. The number of nitrogens with zero attached hydrogens (tertiary/aromatic N) is 2. The Kier molecular flexibility index (Phi) is 5.88. The van der Waals surface area contributed by atoms with Gasteiger partial charge in [-0.25, -0.2) is 9.37 Å². The smallest absolute Gasteiger partial charge is 0.433 e. The van der Waals surface area contributed by atoms with Crippen LogP contribution >= 0.6 is 11.8 Å². The van der Waals surface area contributed by atoms with Crippen molar-refractivity contribution < 1.29 is 22.3 Å². The molecule has 0 fully saturated rings. The van der Waals surface area contributed by atoms with Crippen molar-refractivity contribution in [2.45, 2.75) is 30.9 Å². The lowest BCUT2D eigenvalue weighted by atomic mass is 10.1. The van der Waals surface area contributed by atoms with Crippen LogP contribution in [0.15, 0.2) is 53.7 Å². The Labute approximate surface area is 163 Å². The molecule has 0 radical (unpaired) electrons. The minimum absolute atomic E-state index is 0.0986. The number of halogens is 4. The van der Waals surface area contributed by atoms with Gasteiger partial charge in [0, 0.05) is 11.8 Å². The molecule has 3 nitrogen and oxygen atoms in total. The Hall–Kier alpha value is -2.61. The SMILES string of the molecule is Cc1cc(C)cc(Oc2cc(C(F)(F)F)nc(SCc3cccc(F)c3)n2)c1. The summed E-state index contributed by atoms with van der Waals surface area (Å²) in [5, 5.41) is -0.0986. The summed E-state index contributed by atoms with van der Waals surface area (Å²) in [6.45, 7) is 3.72. The summed E-state index contributed by atoms with van der Waals surface area (Å²) < 4.78 is 58.5. The third-order valence-corrected chi connectivity index (χ3v) is 4.57. The highest BCUT2D eigenvalue weighted by atomic mass is 32.2. The Balaban J connectivity index is 1.88. The topological polar surface area (TPSA) is 35.0 Å². The van der Waals surface area contributed by atoms with Gasteiger partial charge in [0.25, 0.3) is 0 Å². The van der Waals surface area contributed by atoms with Crippen molar-refractivity contribution in [3.63, 3.8) is 0 Å². The van der Waals surface area contributed by atoms with Crippen molar-refractivity contribution in [3.8, 4) is 11.6 Å². The first-order chi connectivity index (χ1) is 13.2. The van der Waals surface area contributed by atoms with Gasteiger partial charge in [-0.05, 0) is 54.8 Å². The van der Waals surface area contributed by atoms with E-state index in [2.05, 4.69) is 9.97 Å². The molecular formula is C20H16F4N2OS. The van der Waals surface area contributed by atoms with Crippen LogP contribution in [0.4, 0.5) is 17.6 Å². The zero-order valence-electron chi connectivity index (χ0n) is 15.0. The predicted octanol–water partition coefficient (Wildman–Crippen LogP) is 6.34. The first-order valence-electron chi connectivity index (χ1n) is 8.29. The van der Waals surface area contributed by atoms with Gasteiger partial charge in [0.1, 0.15) is 11.6 Å². The van der Waals surface area contributed by atoms with Gasteiger partial charge in [-0.2, -0.15) is 18.2 Å². The van der Waals surface area contributed by atoms with E-state index in [9.17, 15) is 17.6 Å². The number of ether oxygens (including phenoxy) is 1. The summed E-state index contributed by atoms with van der Waals surface area (Å²) >= 11 is 0.975. The maximum Gasteiger partial charge on any atom is 0.433 e. The van der Waals surface area contributed by atoms with Gasteiger partial charge >= 0.3 is 6.18 Å². The Bertz CT molecular complexity index is 972. The van der Waals surface area contributed by atoms with Crippen LogP contribution in [0.5, 0.6) is 11.6 Å². The first kappa shape index (κ1) is 20.1. The average molecular weight is 408 g/mol. The van der Waals surface area contributed by atoms with Gasteiger partial charge < -0.3 is 4.74 Å². The van der Waals surface area contributed by atoms with Gasteiger partial charge in [0.2, 0.25) is 5.88 Å². The number of aryl methyl sites for hydroxylation is 2. The minimum Gasteiger partial charge on any atom is -0.439 e. The highest BCUT2D eigenvalue weighted by molar-refractivity contribution is 7.98. The molecular weight excluding hydrogens is 392 g/mol. The van der Waals surface area contributed by atoms with E-state index >= 15 is 0 Å². The first-order valence-corrected chi connectivity index (χ1v) is 9.27. The second kappa shape index (κ2) is 8.18. The number of aromatic nitrogens is 2. The standard InChI is InChI=1S/C20H16F4N2OS/c1-12-6-13(2)8-16(7-12)27-18-10-17(20(22,23)24)25-19(26-18)28-11-14-4-3-5-15(21)9-14/h3-10H,11H2,1-2H3. The van der Waals surface area contributed by atoms with Crippen LogP contribution in [0.3, 0.4) is 0 Å². The average Bonchev–Trinajstić information content (AvgIpc) is 2.58. The molecule has 0 unspecified atom stereocenters. The molecule has 2 aromatic carbocycles. The third kappa shape index (κ3) is 5.45. The van der Waals surface area contributed by atoms with Crippen LogP contribution in [0.2, 0.25) is 0 Å². The van der Waals surface area contributed by atoms with Crippen molar-refractivity contribution in [3.05, 3.63) is 76.7 Å². The number of hydrogen-bond acceptors (Lipinski definition) is 4. The molecule has 1 aromatic heterocycles. The van der Waals surface area contributed by atoms with Gasteiger partial charge in [0.15, 0.2) is 10.9 Å². The van der Waals surface area contributed by atoms with Crippen molar-refractivity contribution in [2.75, 3.05) is 0 Å². The quantitative estimate of drug-likeness (QED) is 0.280. The number of thioether (sulfide) groups is 1. The van der Waals surface area contributed by atoms with E-state index < -0.39 is 17.7 Å². The van der Waals surface area contributed by atoms with Crippen LogP contribution < -0.4 is 4.74 Å². The fraction of sp³-hybridized carbons (Fsp3) is 0.200. The predicted molar refractivity (Wildman–Crippen MR) is 99.0 cm³/mol. The fourth-order valence-electron chi connectivity index (χ4n) is 2.55. The summed E-state index contributed by atoms with van der Waals surface area (Å²) in [5.41, 5.74) is 1.35. The number of hydrogen-bond donors (Lipinski definition) is 0. The molecule has 0 N–H and O–H groups in total. The maximum atomic E-state index is 13.3. The number of benzene rings is 2. The van der Waals surface area contributed by atoms with E-state index in [1.54, 1.807) is 18.2 Å². The van der Waals surface area contributed by atoms with E-state index in [4.69, 9.17) is 4.74 Å². The minimum atomic E-state index is -4.64. The molecule has 146 valence electrons. The van der Waals surface area contributed by atoms with Crippen LogP contribution in [-0.4, -0.2) is 9.97 Å². The molecule has 1 heterocycles. The van der Waals surface area contributed by atoms with Crippen LogP contribution in [0, 0.1) is 19.7 Å². The number of rotatable bonds is 5. The molecule has 28 heavy (non-hydrogen) atoms. The number of alkyl halides is 3. The monoisotopic (exact) mass is 408 g/mol. The third-order valence-electron chi connectivity index (χ3n) is 3.65. The molecule has 3 rings (SSSR count). The summed E-state index contributed by atoms with van der Waals surface area (Å²) in [6, 6.07) is 11.9. The molecule has 0 saturated carbocycles. The van der Waals surface area contributed by atoms with E-state index in [-0.39, 0.29) is 16.8 Å². The normalized spacial score (nSPS) is 11.5. The van der Waals surface area contributed by atoms with Crippen LogP contribution in [0.25, 0.3) is 0 Å². The molecule has 0 aliphatic heterocycles. The van der Waals surface area contributed by atoms with Gasteiger partial charge in [-0.3, -0.25) is 0 Å². The molecule has 0 aliphatic carbocycles. The molecule has 8 heteroatoms. The summed E-state index contributed by atoms with van der Waals surface area (Å²) in [4.78, 5) is 7.65. The zero-order chi connectivity index (χ0) is 20.3. The van der Waals surface area contributed by atoms with Crippen molar-refractivity contribution in [1.82, 2.24) is 9.97 Å². The second-order valence-electron chi connectivity index (χ2n) is 6.22. The van der Waals surface area contributed by atoms with Crippen molar-refractivity contribution in [2.24, 2.45) is 0 Å². The van der Waals surface area contributed by atoms with E-state index in [1.165, 1.54) is 18.2 Å². The summed E-state index contributed by atoms with van der Waals surface area (Å²) in [7, 11) is 0. The van der Waals surface area contributed by atoms with Crippen LogP contribution in [-0.2, 0) is 11.9 Å². The lowest BCUT2D eigenvalue weighted by Gasteiger charge is -2.12. The Morgan fingerprint density at radius 1 is 0.964 bits per heavy atom. The van der Waals surface area contributed by atoms with Crippen molar-refractivity contribution >= 4 is 11.8 Å². The van der Waals surface area contributed by atoms with E-state index in [0.717, 1.165) is 29.0 Å². The summed E-state index contributed by atoms with van der Waals surface area (Å²) in [5.74, 6) is 0.00332. The molecule has 0 atom stereocenters. The Morgan fingerprint density at radius 3 is 2.32 bits per heavy atom. The molecule has 0 aliphatic rings. The molecule has 0 bridgehead atoms. The lowest BCUT2D eigenvalue weighted by molar-refractivity contribution is -0.141. The lowest BCUT2D eigenvalue weighted by Crippen LogP contribution is -2.10. The maximum absolute atomic E-state index is 13.3. The van der Waals surface area contributed by atoms with Gasteiger partial charge in [-0.1, -0.05) is 30.0 Å². The zero-order valence-corrected chi connectivity index (χ0v) is 15.9. The molecule has 0 spiro atoms. The molecule has 0 amide bonds. The van der Waals surface area contributed by atoms with Crippen LogP contribution in [0.1, 0.15) is 22.4 Å². The van der Waals surface area contributed by atoms with Crippen molar-refractivity contribution in [1.29, 1.82) is 0 Å². The summed E-state index contributed by atoms with van der Waals surface area (Å²) in [6.07, 6.45) is -4.64. The molecule has 3 aromatic rings. The highest BCUT2D eigenvalue weighted by Crippen LogP contribution is 2.33. The molecule has 0 saturated heterocycles.